The number of ether oxygens (including phenoxy) is 1. The summed E-state index contributed by atoms with van der Waals surface area (Å²) in [6, 6.07) is 7.45. The molecule has 0 amide bonds. The summed E-state index contributed by atoms with van der Waals surface area (Å²) in [5, 5.41) is 24.3. The SMILES string of the molecule is COc1cccc(C2(O)CN(c3nc4c(c(NC5(CO)CCC5)n3)[S@+]([O-])CC4)C2)c1. The molecule has 3 aliphatic rings. The van der Waals surface area contributed by atoms with Gasteiger partial charge in [-0.25, -0.2) is 4.98 Å². The van der Waals surface area contributed by atoms with Crippen molar-refractivity contribution < 1.29 is 19.5 Å². The average Bonchev–Trinajstić information content (AvgIpc) is 3.09. The minimum atomic E-state index is -1.13. The number of hydrogen-bond acceptors (Lipinski definition) is 8. The highest BCUT2D eigenvalue weighted by Crippen LogP contribution is 2.41. The van der Waals surface area contributed by atoms with Gasteiger partial charge in [0.05, 0.1) is 32.3 Å². The van der Waals surface area contributed by atoms with E-state index in [0.29, 0.717) is 47.7 Å². The molecule has 30 heavy (non-hydrogen) atoms. The number of fused-ring (bicyclic) bond motifs is 1. The largest absolute Gasteiger partial charge is 0.611 e. The first-order valence-electron chi connectivity index (χ1n) is 10.3. The quantitative estimate of drug-likeness (QED) is 0.586. The van der Waals surface area contributed by atoms with Gasteiger partial charge in [0.1, 0.15) is 22.8 Å². The number of aliphatic hydroxyl groups excluding tert-OH is 1. The van der Waals surface area contributed by atoms with Gasteiger partial charge in [0.25, 0.3) is 0 Å². The van der Waals surface area contributed by atoms with Crippen LogP contribution in [0.3, 0.4) is 0 Å². The molecule has 5 rings (SSSR count). The maximum absolute atomic E-state index is 12.5. The highest BCUT2D eigenvalue weighted by Gasteiger charge is 2.46. The average molecular weight is 431 g/mol. The topological polar surface area (TPSA) is 114 Å². The van der Waals surface area contributed by atoms with Crippen LogP contribution in [0.1, 0.15) is 30.5 Å². The Morgan fingerprint density at radius 3 is 2.77 bits per heavy atom. The molecule has 2 aliphatic heterocycles. The van der Waals surface area contributed by atoms with E-state index in [9.17, 15) is 14.8 Å². The molecule has 0 radical (unpaired) electrons. The minimum absolute atomic E-state index is 0.0209. The Morgan fingerprint density at radius 2 is 2.10 bits per heavy atom. The molecule has 2 aromatic rings. The second-order valence-corrected chi connectivity index (χ2v) is 9.99. The fraction of sp³-hybridized carbons (Fsp3) is 0.524. The molecule has 2 fully saturated rings. The first kappa shape index (κ1) is 19.9. The number of rotatable bonds is 6. The predicted molar refractivity (Wildman–Crippen MR) is 113 cm³/mol. The predicted octanol–water partition coefficient (Wildman–Crippen LogP) is 1.18. The van der Waals surface area contributed by atoms with E-state index in [4.69, 9.17) is 4.74 Å². The van der Waals surface area contributed by atoms with Gasteiger partial charge in [0.2, 0.25) is 10.8 Å². The van der Waals surface area contributed by atoms with Crippen molar-refractivity contribution in [1.82, 2.24) is 9.97 Å². The Bertz CT molecular complexity index is 957. The summed E-state index contributed by atoms with van der Waals surface area (Å²) in [4.78, 5) is 11.9. The van der Waals surface area contributed by atoms with Gasteiger partial charge in [0, 0.05) is 6.42 Å². The summed E-state index contributed by atoms with van der Waals surface area (Å²) in [6.07, 6.45) is 3.43. The lowest BCUT2D eigenvalue weighted by atomic mass is 9.77. The van der Waals surface area contributed by atoms with Crippen LogP contribution in [0.15, 0.2) is 29.2 Å². The van der Waals surface area contributed by atoms with Gasteiger partial charge in [-0.1, -0.05) is 12.1 Å². The molecule has 0 spiro atoms. The minimum Gasteiger partial charge on any atom is -0.611 e. The molecule has 160 valence electrons. The summed E-state index contributed by atoms with van der Waals surface area (Å²) in [7, 11) is 1.61. The van der Waals surface area contributed by atoms with Crippen molar-refractivity contribution in [3.05, 3.63) is 35.5 Å². The smallest absolute Gasteiger partial charge is 0.228 e. The van der Waals surface area contributed by atoms with E-state index < -0.39 is 16.8 Å². The highest BCUT2D eigenvalue weighted by atomic mass is 32.2. The fourth-order valence-electron chi connectivity index (χ4n) is 4.41. The van der Waals surface area contributed by atoms with Gasteiger partial charge in [0.15, 0.2) is 5.82 Å². The number of anilines is 2. The number of benzene rings is 1. The van der Waals surface area contributed by atoms with Crippen LogP contribution in [0.25, 0.3) is 0 Å². The monoisotopic (exact) mass is 430 g/mol. The Balaban J connectivity index is 1.41. The standard InChI is InChI=1S/C21H26N4O4S/c1-29-15-5-2-4-14(10-15)21(27)11-25(12-21)19-22-16-6-9-30(28)17(16)18(23-19)24-20(13-26)7-3-8-20/h2,4-5,10,26-27H,3,6-9,11-13H2,1H3,(H,22,23,24)/t30-/m1/s1. The van der Waals surface area contributed by atoms with Crippen molar-refractivity contribution in [2.75, 3.05) is 42.8 Å². The molecule has 0 unspecified atom stereocenters. The van der Waals surface area contributed by atoms with Crippen LogP contribution in [0.4, 0.5) is 11.8 Å². The van der Waals surface area contributed by atoms with E-state index in [1.54, 1.807) is 7.11 Å². The van der Waals surface area contributed by atoms with Crippen molar-refractivity contribution in [2.45, 2.75) is 41.7 Å². The lowest BCUT2D eigenvalue weighted by Crippen LogP contribution is -2.60. The van der Waals surface area contributed by atoms with Crippen LogP contribution < -0.4 is 15.0 Å². The van der Waals surface area contributed by atoms with E-state index in [-0.39, 0.29) is 12.1 Å². The number of aliphatic hydroxyl groups is 2. The number of methoxy groups -OCH3 is 1. The number of β-amino-alcohol motifs (C(OH)–C–C–N with tert-alkyl or cyclic N) is 1. The molecular formula is C21H26N4O4S. The lowest BCUT2D eigenvalue weighted by molar-refractivity contribution is 0.00633. The third-order valence-electron chi connectivity index (χ3n) is 6.47. The van der Waals surface area contributed by atoms with Crippen LogP contribution in [-0.2, 0) is 23.2 Å². The fourth-order valence-corrected chi connectivity index (χ4v) is 5.71. The molecule has 1 saturated carbocycles. The zero-order chi connectivity index (χ0) is 20.9. The maximum atomic E-state index is 12.5. The van der Waals surface area contributed by atoms with Crippen molar-refractivity contribution in [2.24, 2.45) is 0 Å². The number of aryl methyl sites for hydroxylation is 1. The summed E-state index contributed by atoms with van der Waals surface area (Å²) in [6.45, 7) is 0.756. The van der Waals surface area contributed by atoms with Crippen molar-refractivity contribution in [1.29, 1.82) is 0 Å². The summed E-state index contributed by atoms with van der Waals surface area (Å²) in [5.41, 5.74) is 0.216. The van der Waals surface area contributed by atoms with Gasteiger partial charge < -0.3 is 29.7 Å². The van der Waals surface area contributed by atoms with Crippen LogP contribution in [0.2, 0.25) is 0 Å². The van der Waals surface area contributed by atoms with Gasteiger partial charge in [-0.15, -0.1) is 0 Å². The Labute approximate surface area is 178 Å². The molecule has 9 heteroatoms. The summed E-state index contributed by atoms with van der Waals surface area (Å²) >= 11 is -1.13. The molecule has 3 N–H and O–H groups in total. The molecule has 1 aromatic heterocycles. The molecule has 1 aromatic carbocycles. The van der Waals surface area contributed by atoms with E-state index in [1.165, 1.54) is 0 Å². The molecular weight excluding hydrogens is 404 g/mol. The van der Waals surface area contributed by atoms with E-state index in [2.05, 4.69) is 15.3 Å². The third-order valence-corrected chi connectivity index (χ3v) is 7.93. The Kier molecular flexibility index (Phi) is 4.81. The second-order valence-electron chi connectivity index (χ2n) is 8.48. The van der Waals surface area contributed by atoms with Gasteiger partial charge in [-0.2, -0.15) is 4.98 Å². The Hall–Kier alpha value is -2.07. The van der Waals surface area contributed by atoms with E-state index >= 15 is 0 Å². The third kappa shape index (κ3) is 3.20. The number of aromatic nitrogens is 2. The maximum Gasteiger partial charge on any atom is 0.228 e. The summed E-state index contributed by atoms with van der Waals surface area (Å²) < 4.78 is 17.8. The first-order chi connectivity index (χ1) is 14.5. The zero-order valence-electron chi connectivity index (χ0n) is 16.9. The van der Waals surface area contributed by atoms with E-state index in [0.717, 1.165) is 30.5 Å². The normalized spacial score (nSPS) is 23.3. The van der Waals surface area contributed by atoms with Crippen LogP contribution in [0, 0.1) is 0 Å². The second kappa shape index (κ2) is 7.26. The van der Waals surface area contributed by atoms with Crippen molar-refractivity contribution in [3.63, 3.8) is 0 Å². The number of nitrogens with one attached hydrogen (secondary N) is 1. The van der Waals surface area contributed by atoms with Crippen molar-refractivity contribution >= 4 is 22.9 Å². The molecule has 1 saturated heterocycles. The first-order valence-corrected chi connectivity index (χ1v) is 11.6. The molecule has 8 nitrogen and oxygen atoms in total. The number of nitrogens with zero attached hydrogens (tertiary/aromatic N) is 3. The van der Waals surface area contributed by atoms with Gasteiger partial charge in [-0.3, -0.25) is 0 Å². The van der Waals surface area contributed by atoms with Crippen LogP contribution in [-0.4, -0.2) is 62.8 Å². The van der Waals surface area contributed by atoms with Gasteiger partial charge >= 0.3 is 0 Å². The molecule has 1 atom stereocenters. The molecule has 0 bridgehead atoms. The zero-order valence-corrected chi connectivity index (χ0v) is 17.7. The Morgan fingerprint density at radius 1 is 1.30 bits per heavy atom. The summed E-state index contributed by atoms with van der Waals surface area (Å²) in [5.74, 6) is 2.34. The highest BCUT2D eigenvalue weighted by molar-refractivity contribution is 7.91. The lowest BCUT2D eigenvalue weighted by Gasteiger charge is -2.47. The number of hydrogen-bond donors (Lipinski definition) is 3. The van der Waals surface area contributed by atoms with Crippen LogP contribution >= 0.6 is 0 Å². The van der Waals surface area contributed by atoms with Crippen molar-refractivity contribution in [3.8, 4) is 5.75 Å². The molecule has 1 aliphatic carbocycles. The van der Waals surface area contributed by atoms with Gasteiger partial charge in [-0.05, 0) is 48.1 Å². The van der Waals surface area contributed by atoms with E-state index in [1.807, 2.05) is 29.2 Å². The van der Waals surface area contributed by atoms with Crippen LogP contribution in [0.5, 0.6) is 5.75 Å². The molecule has 3 heterocycles.